The second-order valence-electron chi connectivity index (χ2n) is 4.39. The van der Waals surface area contributed by atoms with Gasteiger partial charge in [0.05, 0.1) is 0 Å². The van der Waals surface area contributed by atoms with Crippen LogP contribution >= 0.6 is 11.6 Å². The summed E-state index contributed by atoms with van der Waals surface area (Å²) >= 11 is 5.83. The Kier molecular flexibility index (Phi) is 3.36. The van der Waals surface area contributed by atoms with Crippen molar-refractivity contribution < 1.29 is 9.47 Å². The van der Waals surface area contributed by atoms with Crippen LogP contribution in [0.25, 0.3) is 0 Å². The molecule has 0 radical (unpaired) electrons. The van der Waals surface area contributed by atoms with E-state index in [0.29, 0.717) is 11.0 Å². The molecule has 0 aliphatic heterocycles. The quantitative estimate of drug-likeness (QED) is 0.809. The SMILES string of the molecule is CO[C@@H]1c2ccccc2C[C@@H]1Oc1cc(Cl)ncn1. The first-order valence-corrected chi connectivity index (χ1v) is 6.40. The highest BCUT2D eigenvalue weighted by atomic mass is 35.5. The lowest BCUT2D eigenvalue weighted by Crippen LogP contribution is -2.23. The predicted molar refractivity (Wildman–Crippen MR) is 71.4 cm³/mol. The molecule has 1 aliphatic carbocycles. The molecule has 0 spiro atoms. The molecular weight excluding hydrogens is 264 g/mol. The number of ether oxygens (including phenoxy) is 2. The Morgan fingerprint density at radius 1 is 1.26 bits per heavy atom. The number of rotatable bonds is 3. The van der Waals surface area contributed by atoms with E-state index >= 15 is 0 Å². The average molecular weight is 277 g/mol. The zero-order valence-corrected chi connectivity index (χ0v) is 11.2. The molecule has 1 heterocycles. The minimum Gasteiger partial charge on any atom is -0.471 e. The Bertz CT molecular complexity index is 591. The molecule has 19 heavy (non-hydrogen) atoms. The van der Waals surface area contributed by atoms with Gasteiger partial charge in [-0.1, -0.05) is 35.9 Å². The van der Waals surface area contributed by atoms with Gasteiger partial charge >= 0.3 is 0 Å². The lowest BCUT2D eigenvalue weighted by atomic mass is 10.1. The molecule has 5 heteroatoms. The van der Waals surface area contributed by atoms with Gasteiger partial charge in [-0.25, -0.2) is 9.97 Å². The molecule has 0 saturated heterocycles. The zero-order chi connectivity index (χ0) is 13.2. The van der Waals surface area contributed by atoms with E-state index in [1.54, 1.807) is 13.2 Å². The highest BCUT2D eigenvalue weighted by molar-refractivity contribution is 6.29. The topological polar surface area (TPSA) is 44.2 Å². The van der Waals surface area contributed by atoms with E-state index in [-0.39, 0.29) is 12.2 Å². The molecule has 2 atom stereocenters. The normalized spacial score (nSPS) is 21.2. The highest BCUT2D eigenvalue weighted by Gasteiger charge is 2.34. The van der Waals surface area contributed by atoms with Crippen LogP contribution in [0.15, 0.2) is 36.7 Å². The molecule has 0 saturated carbocycles. The van der Waals surface area contributed by atoms with Gasteiger partial charge in [0, 0.05) is 19.6 Å². The first-order valence-electron chi connectivity index (χ1n) is 6.02. The molecule has 0 bridgehead atoms. The number of benzene rings is 1. The van der Waals surface area contributed by atoms with E-state index < -0.39 is 0 Å². The fourth-order valence-corrected chi connectivity index (χ4v) is 2.58. The summed E-state index contributed by atoms with van der Waals surface area (Å²) in [5.41, 5.74) is 2.43. The largest absolute Gasteiger partial charge is 0.471 e. The fourth-order valence-electron chi connectivity index (χ4n) is 2.44. The van der Waals surface area contributed by atoms with E-state index in [0.717, 1.165) is 6.42 Å². The number of hydrogen-bond acceptors (Lipinski definition) is 4. The molecule has 0 unspecified atom stereocenters. The summed E-state index contributed by atoms with van der Waals surface area (Å²) in [5, 5.41) is 0.370. The highest BCUT2D eigenvalue weighted by Crippen LogP contribution is 2.35. The van der Waals surface area contributed by atoms with E-state index in [4.69, 9.17) is 21.1 Å². The number of methoxy groups -OCH3 is 1. The number of nitrogens with zero attached hydrogens (tertiary/aromatic N) is 2. The summed E-state index contributed by atoms with van der Waals surface area (Å²) in [6, 6.07) is 9.80. The maximum Gasteiger partial charge on any atom is 0.218 e. The third-order valence-electron chi connectivity index (χ3n) is 3.26. The Labute approximate surface area is 116 Å². The summed E-state index contributed by atoms with van der Waals surface area (Å²) in [6.45, 7) is 0. The van der Waals surface area contributed by atoms with Crippen molar-refractivity contribution in [2.24, 2.45) is 0 Å². The van der Waals surface area contributed by atoms with Gasteiger partial charge in [0.25, 0.3) is 0 Å². The van der Waals surface area contributed by atoms with E-state index in [1.807, 2.05) is 12.1 Å². The Balaban J connectivity index is 1.83. The number of hydrogen-bond donors (Lipinski definition) is 0. The van der Waals surface area contributed by atoms with Crippen molar-refractivity contribution in [2.75, 3.05) is 7.11 Å². The number of fused-ring (bicyclic) bond motifs is 1. The van der Waals surface area contributed by atoms with Gasteiger partial charge in [0.1, 0.15) is 23.7 Å². The molecule has 2 aromatic rings. The summed E-state index contributed by atoms with van der Waals surface area (Å²) in [5.74, 6) is 0.472. The summed E-state index contributed by atoms with van der Waals surface area (Å²) in [7, 11) is 1.69. The summed E-state index contributed by atoms with van der Waals surface area (Å²) in [4.78, 5) is 7.90. The van der Waals surface area contributed by atoms with Gasteiger partial charge in [-0.15, -0.1) is 0 Å². The first kappa shape index (κ1) is 12.4. The first-order chi connectivity index (χ1) is 9.28. The van der Waals surface area contributed by atoms with Crippen molar-refractivity contribution in [2.45, 2.75) is 18.6 Å². The van der Waals surface area contributed by atoms with Crippen LogP contribution in [0.2, 0.25) is 5.15 Å². The smallest absolute Gasteiger partial charge is 0.218 e. The second-order valence-corrected chi connectivity index (χ2v) is 4.78. The molecule has 4 nitrogen and oxygen atoms in total. The molecule has 0 fully saturated rings. The van der Waals surface area contributed by atoms with Crippen LogP contribution in [-0.2, 0) is 11.2 Å². The minimum atomic E-state index is -0.0895. The summed E-state index contributed by atoms with van der Waals surface area (Å²) < 4.78 is 11.4. The van der Waals surface area contributed by atoms with Crippen LogP contribution < -0.4 is 4.74 Å². The Hall–Kier alpha value is -1.65. The fraction of sp³-hybridized carbons (Fsp3) is 0.286. The van der Waals surface area contributed by atoms with Gasteiger partial charge in [0.15, 0.2) is 0 Å². The molecule has 1 aliphatic rings. The minimum absolute atomic E-state index is 0.0788. The molecule has 1 aromatic heterocycles. The lowest BCUT2D eigenvalue weighted by Gasteiger charge is -2.19. The van der Waals surface area contributed by atoms with Crippen LogP contribution in [0.1, 0.15) is 17.2 Å². The van der Waals surface area contributed by atoms with Gasteiger partial charge < -0.3 is 9.47 Å². The number of aromatic nitrogens is 2. The van der Waals surface area contributed by atoms with E-state index in [2.05, 4.69) is 22.1 Å². The maximum atomic E-state index is 5.88. The van der Waals surface area contributed by atoms with Crippen molar-refractivity contribution >= 4 is 11.6 Å². The van der Waals surface area contributed by atoms with Crippen molar-refractivity contribution in [3.05, 3.63) is 52.9 Å². The number of halogens is 1. The molecule has 3 rings (SSSR count). The van der Waals surface area contributed by atoms with E-state index in [9.17, 15) is 0 Å². The average Bonchev–Trinajstić information content (AvgIpc) is 2.75. The van der Waals surface area contributed by atoms with Crippen LogP contribution in [-0.4, -0.2) is 23.2 Å². The van der Waals surface area contributed by atoms with Crippen LogP contribution in [0.5, 0.6) is 5.88 Å². The van der Waals surface area contributed by atoms with Crippen LogP contribution in [0, 0.1) is 0 Å². The second kappa shape index (κ2) is 5.15. The molecule has 98 valence electrons. The van der Waals surface area contributed by atoms with Gasteiger partial charge in [-0.05, 0) is 11.1 Å². The maximum absolute atomic E-state index is 5.88. The van der Waals surface area contributed by atoms with Crippen LogP contribution in [0.3, 0.4) is 0 Å². The third-order valence-corrected chi connectivity index (χ3v) is 3.46. The molecule has 0 N–H and O–H groups in total. The van der Waals surface area contributed by atoms with Gasteiger partial charge in [-0.2, -0.15) is 0 Å². The van der Waals surface area contributed by atoms with Gasteiger partial charge in [-0.3, -0.25) is 0 Å². The summed E-state index contributed by atoms with van der Waals surface area (Å²) in [6.07, 6.45) is 2.02. The molecular formula is C14H13ClN2O2. The van der Waals surface area contributed by atoms with Gasteiger partial charge in [0.2, 0.25) is 5.88 Å². The third kappa shape index (κ3) is 2.41. The standard InChI is InChI=1S/C14H13ClN2O2/c1-18-14-10-5-3-2-4-9(10)6-11(14)19-13-7-12(15)16-8-17-13/h2-5,7-8,11,14H,6H2,1H3/t11-,14+/m0/s1. The molecule has 1 aromatic carbocycles. The predicted octanol–water partition coefficient (Wildman–Crippen LogP) is 2.82. The Morgan fingerprint density at radius 2 is 2.11 bits per heavy atom. The van der Waals surface area contributed by atoms with Crippen LogP contribution in [0.4, 0.5) is 0 Å². The van der Waals surface area contributed by atoms with Crippen molar-refractivity contribution in [3.8, 4) is 5.88 Å². The van der Waals surface area contributed by atoms with Crippen molar-refractivity contribution in [3.63, 3.8) is 0 Å². The molecule has 0 amide bonds. The zero-order valence-electron chi connectivity index (χ0n) is 10.4. The Morgan fingerprint density at radius 3 is 2.89 bits per heavy atom. The van der Waals surface area contributed by atoms with Crippen molar-refractivity contribution in [1.82, 2.24) is 9.97 Å². The van der Waals surface area contributed by atoms with Crippen molar-refractivity contribution in [1.29, 1.82) is 0 Å². The van der Waals surface area contributed by atoms with E-state index in [1.165, 1.54) is 17.5 Å². The lowest BCUT2D eigenvalue weighted by molar-refractivity contribution is 0.0105. The monoisotopic (exact) mass is 276 g/mol.